The Kier molecular flexibility index (Phi) is 6.60. The minimum atomic E-state index is -4.36. The molecule has 0 spiro atoms. The van der Waals surface area contributed by atoms with E-state index in [9.17, 15) is 21.6 Å². The number of alkyl halides is 3. The lowest BCUT2D eigenvalue weighted by Gasteiger charge is -2.47. The van der Waals surface area contributed by atoms with E-state index >= 15 is 0 Å². The zero-order chi connectivity index (χ0) is 26.6. The minimum absolute atomic E-state index is 0.0801. The second kappa shape index (κ2) is 9.24. The molecule has 0 N–H and O–H groups in total. The van der Waals surface area contributed by atoms with Crippen LogP contribution in [0.1, 0.15) is 56.9 Å². The van der Waals surface area contributed by atoms with Gasteiger partial charge in [-0.2, -0.15) is 22.6 Å². The maximum atomic E-state index is 13.8. The Balaban J connectivity index is 1.47. The molecule has 0 amide bonds. The van der Waals surface area contributed by atoms with Crippen LogP contribution in [0, 0.1) is 5.41 Å². The molecule has 37 heavy (non-hydrogen) atoms. The Morgan fingerprint density at radius 2 is 1.70 bits per heavy atom. The summed E-state index contributed by atoms with van der Waals surface area (Å²) in [5.74, 6) is 0. The molecule has 0 unspecified atom stereocenters. The Bertz CT molecular complexity index is 1290. The van der Waals surface area contributed by atoms with E-state index < -0.39 is 28.2 Å². The van der Waals surface area contributed by atoms with Crippen LogP contribution < -0.4 is 0 Å². The molecule has 10 heteroatoms. The van der Waals surface area contributed by atoms with E-state index in [1.54, 1.807) is 16.4 Å². The molecule has 6 nitrogen and oxygen atoms in total. The first-order chi connectivity index (χ1) is 17.3. The standard InChI is InChI=1S/C27H35F3N4O2S/c1-25(2,3)21-6-8-23(9-7-21)37(35,36)33-13-10-22-14-24-20(16-31-34(24)19-27(28,29)30)15-26(22,18-33)17-32-11-4-5-12-32/h6-9,14,16H,4-5,10-13,15,17-19H2,1-3H3/t26-/m0/s1. The molecule has 2 fully saturated rings. The van der Waals surface area contributed by atoms with Crippen LogP contribution in [0.3, 0.4) is 0 Å². The highest BCUT2D eigenvalue weighted by Gasteiger charge is 2.47. The van der Waals surface area contributed by atoms with Crippen molar-refractivity contribution < 1.29 is 21.6 Å². The predicted octanol–water partition coefficient (Wildman–Crippen LogP) is 4.86. The minimum Gasteiger partial charge on any atom is -0.302 e. The third-order valence-corrected chi connectivity index (χ3v) is 9.86. The van der Waals surface area contributed by atoms with E-state index in [2.05, 4.69) is 30.8 Å². The topological polar surface area (TPSA) is 58.4 Å². The van der Waals surface area contributed by atoms with Gasteiger partial charge in [0.05, 0.1) is 16.8 Å². The normalized spacial score (nSPS) is 23.6. The number of fused-ring (bicyclic) bond motifs is 2. The maximum absolute atomic E-state index is 13.8. The fraction of sp³-hybridized carbons (Fsp3) is 0.593. The van der Waals surface area contributed by atoms with Crippen LogP contribution in [-0.2, 0) is 28.4 Å². The number of piperidine rings is 1. The van der Waals surface area contributed by atoms with Gasteiger partial charge >= 0.3 is 6.18 Å². The van der Waals surface area contributed by atoms with Gasteiger partial charge < -0.3 is 4.90 Å². The number of sulfonamides is 1. The number of benzene rings is 1. The van der Waals surface area contributed by atoms with Gasteiger partial charge in [-0.15, -0.1) is 0 Å². The highest BCUT2D eigenvalue weighted by Crippen LogP contribution is 2.46. The van der Waals surface area contributed by atoms with Gasteiger partial charge in [-0.1, -0.05) is 38.5 Å². The molecule has 2 saturated heterocycles. The molecule has 0 radical (unpaired) electrons. The van der Waals surface area contributed by atoms with E-state index in [1.165, 1.54) is 6.20 Å². The summed E-state index contributed by atoms with van der Waals surface area (Å²) in [6.45, 7) is 8.35. The van der Waals surface area contributed by atoms with Crippen LogP contribution >= 0.6 is 0 Å². The average molecular weight is 537 g/mol. The van der Waals surface area contributed by atoms with Crippen molar-refractivity contribution >= 4 is 16.1 Å². The Morgan fingerprint density at radius 3 is 2.32 bits per heavy atom. The molecule has 1 atom stereocenters. The SMILES string of the molecule is CC(C)(C)c1ccc(S(=O)(=O)N2CCC3=Cc4c(cnn4CC(F)(F)F)C[C@]3(CN3CCCC3)C2)cc1. The van der Waals surface area contributed by atoms with Crippen LogP contribution in [0.15, 0.2) is 40.9 Å². The van der Waals surface area contributed by atoms with E-state index in [1.807, 2.05) is 18.2 Å². The summed E-state index contributed by atoms with van der Waals surface area (Å²) < 4.78 is 69.6. The van der Waals surface area contributed by atoms with E-state index in [-0.39, 0.29) is 10.3 Å². The van der Waals surface area contributed by atoms with Gasteiger partial charge in [-0.25, -0.2) is 8.42 Å². The van der Waals surface area contributed by atoms with Gasteiger partial charge in [0.15, 0.2) is 0 Å². The third-order valence-electron chi connectivity index (χ3n) is 8.00. The van der Waals surface area contributed by atoms with Crippen molar-refractivity contribution in [3.05, 3.63) is 52.9 Å². The Labute approximate surface area is 217 Å². The first-order valence-corrected chi connectivity index (χ1v) is 14.4. The van der Waals surface area contributed by atoms with Crippen molar-refractivity contribution in [3.63, 3.8) is 0 Å². The fourth-order valence-electron chi connectivity index (χ4n) is 6.04. The van der Waals surface area contributed by atoms with Crippen molar-refractivity contribution in [2.45, 2.75) is 69.5 Å². The first kappa shape index (κ1) is 26.4. The first-order valence-electron chi connectivity index (χ1n) is 12.9. The molecule has 5 rings (SSSR count). The van der Waals surface area contributed by atoms with Crippen molar-refractivity contribution in [3.8, 4) is 0 Å². The van der Waals surface area contributed by atoms with Gasteiger partial charge in [0, 0.05) is 25.0 Å². The molecular formula is C27H35F3N4O2S. The van der Waals surface area contributed by atoms with Crippen molar-refractivity contribution in [2.75, 3.05) is 32.7 Å². The number of hydrogen-bond donors (Lipinski definition) is 0. The zero-order valence-corrected chi connectivity index (χ0v) is 22.5. The summed E-state index contributed by atoms with van der Waals surface area (Å²) in [5.41, 5.74) is 2.78. The lowest BCUT2D eigenvalue weighted by molar-refractivity contribution is -0.142. The van der Waals surface area contributed by atoms with Gasteiger partial charge in [0.25, 0.3) is 0 Å². The number of halogens is 3. The van der Waals surface area contributed by atoms with Crippen molar-refractivity contribution in [2.24, 2.45) is 5.41 Å². The summed E-state index contributed by atoms with van der Waals surface area (Å²) in [6.07, 6.45) is 2.20. The molecule has 1 aromatic carbocycles. The maximum Gasteiger partial charge on any atom is 0.408 e. The Hall–Kier alpha value is -2.17. The lowest BCUT2D eigenvalue weighted by atomic mass is 9.68. The number of hydrogen-bond acceptors (Lipinski definition) is 4. The van der Waals surface area contributed by atoms with Crippen LogP contribution in [0.4, 0.5) is 13.2 Å². The fourth-order valence-corrected chi connectivity index (χ4v) is 7.57. The van der Waals surface area contributed by atoms with Crippen LogP contribution in [0.25, 0.3) is 6.08 Å². The second-order valence-electron chi connectivity index (χ2n) is 11.8. The van der Waals surface area contributed by atoms with Gasteiger partial charge in [-0.05, 0) is 73.5 Å². The van der Waals surface area contributed by atoms with E-state index in [0.717, 1.165) is 47.3 Å². The van der Waals surface area contributed by atoms with Gasteiger partial charge in [0.2, 0.25) is 10.0 Å². The largest absolute Gasteiger partial charge is 0.408 e. The van der Waals surface area contributed by atoms with Crippen LogP contribution in [0.5, 0.6) is 0 Å². The molecule has 1 aliphatic carbocycles. The van der Waals surface area contributed by atoms with Crippen molar-refractivity contribution in [1.29, 1.82) is 0 Å². The van der Waals surface area contributed by atoms with E-state index in [4.69, 9.17) is 0 Å². The van der Waals surface area contributed by atoms with Crippen LogP contribution in [0.2, 0.25) is 0 Å². The van der Waals surface area contributed by atoms with Crippen molar-refractivity contribution in [1.82, 2.24) is 19.0 Å². The molecule has 2 aliphatic heterocycles. The zero-order valence-electron chi connectivity index (χ0n) is 21.7. The molecule has 2 aromatic rings. The monoisotopic (exact) mass is 536 g/mol. The highest BCUT2D eigenvalue weighted by molar-refractivity contribution is 7.89. The molecular weight excluding hydrogens is 501 g/mol. The second-order valence-corrected chi connectivity index (χ2v) is 13.7. The van der Waals surface area contributed by atoms with Crippen LogP contribution in [-0.4, -0.2) is 66.3 Å². The Morgan fingerprint density at radius 1 is 1.03 bits per heavy atom. The lowest BCUT2D eigenvalue weighted by Crippen LogP contribution is -2.53. The molecule has 1 aromatic heterocycles. The summed E-state index contributed by atoms with van der Waals surface area (Å²) in [4.78, 5) is 2.64. The summed E-state index contributed by atoms with van der Waals surface area (Å²) in [7, 11) is -3.72. The number of aromatic nitrogens is 2. The predicted molar refractivity (Wildman–Crippen MR) is 137 cm³/mol. The summed E-state index contributed by atoms with van der Waals surface area (Å²) in [5, 5.41) is 4.05. The third kappa shape index (κ3) is 5.25. The quantitative estimate of drug-likeness (QED) is 0.548. The average Bonchev–Trinajstić information content (AvgIpc) is 3.45. The van der Waals surface area contributed by atoms with Gasteiger partial charge in [0.1, 0.15) is 6.54 Å². The molecule has 3 aliphatic rings. The van der Waals surface area contributed by atoms with Gasteiger partial charge in [-0.3, -0.25) is 4.68 Å². The van der Waals surface area contributed by atoms with E-state index in [0.29, 0.717) is 38.2 Å². The smallest absolute Gasteiger partial charge is 0.302 e. The molecule has 0 bridgehead atoms. The number of rotatable bonds is 5. The number of likely N-dealkylation sites (tertiary alicyclic amines) is 1. The molecule has 202 valence electrons. The highest BCUT2D eigenvalue weighted by atomic mass is 32.2. The summed E-state index contributed by atoms with van der Waals surface area (Å²) in [6, 6.07) is 7.14. The summed E-state index contributed by atoms with van der Waals surface area (Å²) >= 11 is 0. The molecule has 0 saturated carbocycles. The number of nitrogens with zero attached hydrogens (tertiary/aromatic N) is 4. The molecule has 3 heterocycles.